The highest BCUT2D eigenvalue weighted by atomic mass is 19.1. The standard InChI is InChI=1S/C19H20FNO/c1-3-14(2)17-9-4-5-10-18(17)21-19(22)12-11-15-7-6-8-16(20)13-15/h4-14H,3H2,1-2H3,(H,21,22)/b12-11+. The van der Waals surface area contributed by atoms with Crippen LogP contribution < -0.4 is 5.32 Å². The molecule has 0 aliphatic heterocycles. The summed E-state index contributed by atoms with van der Waals surface area (Å²) in [6, 6.07) is 13.9. The Morgan fingerprint density at radius 2 is 2.00 bits per heavy atom. The molecule has 0 heterocycles. The van der Waals surface area contributed by atoms with E-state index in [2.05, 4.69) is 19.2 Å². The van der Waals surface area contributed by atoms with Crippen molar-refractivity contribution in [2.24, 2.45) is 0 Å². The summed E-state index contributed by atoms with van der Waals surface area (Å²) in [5, 5.41) is 2.89. The third-order valence-electron chi connectivity index (χ3n) is 3.64. The lowest BCUT2D eigenvalue weighted by atomic mass is 9.97. The van der Waals surface area contributed by atoms with Crippen LogP contribution in [0.15, 0.2) is 54.6 Å². The molecule has 0 aromatic heterocycles. The molecular weight excluding hydrogens is 277 g/mol. The molecule has 1 amide bonds. The lowest BCUT2D eigenvalue weighted by molar-refractivity contribution is -0.111. The van der Waals surface area contributed by atoms with E-state index in [-0.39, 0.29) is 11.7 Å². The second-order valence-corrected chi connectivity index (χ2v) is 5.27. The summed E-state index contributed by atoms with van der Waals surface area (Å²) in [5.41, 5.74) is 2.61. The van der Waals surface area contributed by atoms with Crippen LogP contribution in [0.4, 0.5) is 10.1 Å². The van der Waals surface area contributed by atoms with Gasteiger partial charge in [-0.05, 0) is 47.7 Å². The first-order chi connectivity index (χ1) is 10.6. The number of hydrogen-bond donors (Lipinski definition) is 1. The van der Waals surface area contributed by atoms with Crippen molar-refractivity contribution in [1.82, 2.24) is 0 Å². The highest BCUT2D eigenvalue weighted by Crippen LogP contribution is 2.26. The third kappa shape index (κ3) is 4.29. The van der Waals surface area contributed by atoms with Gasteiger partial charge < -0.3 is 5.32 Å². The Kier molecular flexibility index (Phi) is 5.48. The summed E-state index contributed by atoms with van der Waals surface area (Å²) < 4.78 is 13.1. The van der Waals surface area contributed by atoms with Crippen molar-refractivity contribution in [1.29, 1.82) is 0 Å². The number of amides is 1. The summed E-state index contributed by atoms with van der Waals surface area (Å²) in [5.74, 6) is -0.159. The van der Waals surface area contributed by atoms with Crippen LogP contribution in [0, 0.1) is 5.82 Å². The summed E-state index contributed by atoms with van der Waals surface area (Å²) in [4.78, 5) is 12.0. The van der Waals surface area contributed by atoms with Crippen molar-refractivity contribution in [2.75, 3.05) is 5.32 Å². The number of halogens is 1. The van der Waals surface area contributed by atoms with Gasteiger partial charge in [-0.25, -0.2) is 4.39 Å². The minimum Gasteiger partial charge on any atom is -0.322 e. The van der Waals surface area contributed by atoms with Crippen LogP contribution >= 0.6 is 0 Å². The number of carbonyl (C=O) groups excluding carboxylic acids is 1. The molecule has 2 aromatic carbocycles. The van der Waals surface area contributed by atoms with Gasteiger partial charge in [-0.2, -0.15) is 0 Å². The van der Waals surface area contributed by atoms with E-state index in [4.69, 9.17) is 0 Å². The first kappa shape index (κ1) is 16.0. The number of carbonyl (C=O) groups is 1. The number of nitrogens with one attached hydrogen (secondary N) is 1. The maximum absolute atomic E-state index is 13.1. The summed E-state index contributed by atoms with van der Waals surface area (Å²) in [7, 11) is 0. The molecule has 0 aliphatic rings. The van der Waals surface area contributed by atoms with Crippen LogP contribution in [0.5, 0.6) is 0 Å². The van der Waals surface area contributed by atoms with E-state index < -0.39 is 0 Å². The average molecular weight is 297 g/mol. The predicted octanol–water partition coefficient (Wildman–Crippen LogP) is 4.99. The maximum Gasteiger partial charge on any atom is 0.248 e. The van der Waals surface area contributed by atoms with E-state index >= 15 is 0 Å². The molecule has 3 heteroatoms. The monoisotopic (exact) mass is 297 g/mol. The molecule has 0 bridgehead atoms. The molecule has 0 aliphatic carbocycles. The van der Waals surface area contributed by atoms with Crippen LogP contribution in [0.25, 0.3) is 6.08 Å². The van der Waals surface area contributed by atoms with Gasteiger partial charge >= 0.3 is 0 Å². The van der Waals surface area contributed by atoms with Gasteiger partial charge in [-0.1, -0.05) is 44.2 Å². The fourth-order valence-electron chi connectivity index (χ4n) is 2.22. The summed E-state index contributed by atoms with van der Waals surface area (Å²) >= 11 is 0. The molecule has 2 rings (SSSR count). The Bertz CT molecular complexity index is 679. The molecule has 0 fully saturated rings. The minimum absolute atomic E-state index is 0.222. The minimum atomic E-state index is -0.315. The molecule has 2 aromatic rings. The van der Waals surface area contributed by atoms with Gasteiger partial charge in [0.05, 0.1) is 0 Å². The van der Waals surface area contributed by atoms with E-state index in [0.717, 1.165) is 17.7 Å². The Hall–Kier alpha value is -2.42. The molecular formula is C19H20FNO. The van der Waals surface area contributed by atoms with E-state index in [1.54, 1.807) is 18.2 Å². The highest BCUT2D eigenvalue weighted by molar-refractivity contribution is 6.02. The SMILES string of the molecule is CCC(C)c1ccccc1NC(=O)/C=C/c1cccc(F)c1. The molecule has 1 atom stereocenters. The summed E-state index contributed by atoms with van der Waals surface area (Å²) in [6.07, 6.45) is 4.03. The number of hydrogen-bond acceptors (Lipinski definition) is 1. The summed E-state index contributed by atoms with van der Waals surface area (Å²) in [6.45, 7) is 4.25. The Morgan fingerprint density at radius 1 is 1.23 bits per heavy atom. The Balaban J connectivity index is 2.09. The number of benzene rings is 2. The lowest BCUT2D eigenvalue weighted by Gasteiger charge is -2.14. The van der Waals surface area contributed by atoms with E-state index in [0.29, 0.717) is 11.5 Å². The molecule has 1 unspecified atom stereocenters. The fraction of sp³-hybridized carbons (Fsp3) is 0.211. The molecule has 0 radical (unpaired) electrons. The van der Waals surface area contributed by atoms with Gasteiger partial charge in [0.2, 0.25) is 5.91 Å². The topological polar surface area (TPSA) is 29.1 Å². The number of para-hydroxylation sites is 1. The second kappa shape index (κ2) is 7.55. The first-order valence-corrected chi connectivity index (χ1v) is 7.43. The van der Waals surface area contributed by atoms with Crippen molar-refractivity contribution >= 4 is 17.7 Å². The van der Waals surface area contributed by atoms with Crippen molar-refractivity contribution in [3.05, 3.63) is 71.6 Å². The van der Waals surface area contributed by atoms with E-state index in [1.807, 2.05) is 24.3 Å². The molecule has 2 nitrogen and oxygen atoms in total. The van der Waals surface area contributed by atoms with Gasteiger partial charge in [-0.3, -0.25) is 4.79 Å². The van der Waals surface area contributed by atoms with Crippen LogP contribution in [-0.4, -0.2) is 5.91 Å². The van der Waals surface area contributed by atoms with E-state index in [1.165, 1.54) is 18.2 Å². The third-order valence-corrected chi connectivity index (χ3v) is 3.64. The first-order valence-electron chi connectivity index (χ1n) is 7.43. The fourth-order valence-corrected chi connectivity index (χ4v) is 2.22. The van der Waals surface area contributed by atoms with Gasteiger partial charge in [0.25, 0.3) is 0 Å². The van der Waals surface area contributed by atoms with Crippen molar-refractivity contribution in [3.63, 3.8) is 0 Å². The zero-order valence-corrected chi connectivity index (χ0v) is 12.8. The highest BCUT2D eigenvalue weighted by Gasteiger charge is 2.09. The Labute approximate surface area is 130 Å². The van der Waals surface area contributed by atoms with Crippen LogP contribution in [-0.2, 0) is 4.79 Å². The molecule has 0 saturated heterocycles. The molecule has 114 valence electrons. The molecule has 22 heavy (non-hydrogen) atoms. The van der Waals surface area contributed by atoms with Crippen LogP contribution in [0.2, 0.25) is 0 Å². The van der Waals surface area contributed by atoms with E-state index in [9.17, 15) is 9.18 Å². The molecule has 0 saturated carbocycles. The van der Waals surface area contributed by atoms with Crippen LogP contribution in [0.1, 0.15) is 37.3 Å². The van der Waals surface area contributed by atoms with Gasteiger partial charge in [0.1, 0.15) is 5.82 Å². The largest absolute Gasteiger partial charge is 0.322 e. The molecule has 1 N–H and O–H groups in total. The second-order valence-electron chi connectivity index (χ2n) is 5.27. The van der Waals surface area contributed by atoms with Gasteiger partial charge in [0, 0.05) is 11.8 Å². The van der Waals surface area contributed by atoms with Gasteiger partial charge in [-0.15, -0.1) is 0 Å². The molecule has 0 spiro atoms. The quantitative estimate of drug-likeness (QED) is 0.774. The van der Waals surface area contributed by atoms with Crippen molar-refractivity contribution < 1.29 is 9.18 Å². The smallest absolute Gasteiger partial charge is 0.248 e. The van der Waals surface area contributed by atoms with Crippen molar-refractivity contribution in [2.45, 2.75) is 26.2 Å². The van der Waals surface area contributed by atoms with Crippen molar-refractivity contribution in [3.8, 4) is 0 Å². The predicted molar refractivity (Wildman–Crippen MR) is 89.2 cm³/mol. The zero-order valence-electron chi connectivity index (χ0n) is 12.8. The average Bonchev–Trinajstić information content (AvgIpc) is 2.53. The van der Waals surface area contributed by atoms with Crippen LogP contribution in [0.3, 0.4) is 0 Å². The zero-order chi connectivity index (χ0) is 15.9. The van der Waals surface area contributed by atoms with Gasteiger partial charge in [0.15, 0.2) is 0 Å². The number of anilines is 1. The lowest BCUT2D eigenvalue weighted by Crippen LogP contribution is -2.10. The Morgan fingerprint density at radius 3 is 2.73 bits per heavy atom. The normalized spacial score (nSPS) is 12.3. The number of rotatable bonds is 5. The maximum atomic E-state index is 13.1.